The van der Waals surface area contributed by atoms with E-state index in [-0.39, 0.29) is 64.8 Å². The Morgan fingerprint density at radius 1 is 0.959 bits per heavy atom. The molecule has 1 saturated heterocycles. The van der Waals surface area contributed by atoms with E-state index in [1.807, 2.05) is 0 Å². The summed E-state index contributed by atoms with van der Waals surface area (Å²) in [6, 6.07) is 12.2. The number of hydrogen-bond donors (Lipinski definition) is 4. The minimum Gasteiger partial charge on any atom is -0.507 e. The molecule has 1 unspecified atom stereocenters. The van der Waals surface area contributed by atoms with E-state index in [9.17, 15) is 29.1 Å². The van der Waals surface area contributed by atoms with Crippen molar-refractivity contribution in [3.05, 3.63) is 59.7 Å². The van der Waals surface area contributed by atoms with Crippen molar-refractivity contribution in [2.45, 2.75) is 69.4 Å². The third-order valence-corrected chi connectivity index (χ3v) is 9.89. The normalized spacial score (nSPS) is 23.7. The zero-order chi connectivity index (χ0) is 34.3. The Morgan fingerprint density at radius 3 is 2.49 bits per heavy atom. The number of aromatic nitrogens is 2. The van der Waals surface area contributed by atoms with Gasteiger partial charge in [0, 0.05) is 30.0 Å². The van der Waals surface area contributed by atoms with E-state index in [2.05, 4.69) is 20.8 Å². The second-order valence-electron chi connectivity index (χ2n) is 13.4. The molecule has 14 heteroatoms. The van der Waals surface area contributed by atoms with Gasteiger partial charge in [0.2, 0.25) is 17.7 Å². The van der Waals surface area contributed by atoms with E-state index < -0.39 is 29.7 Å². The van der Waals surface area contributed by atoms with Crippen LogP contribution in [0.4, 0.5) is 5.82 Å². The number of phenolic OH excluding ortho intramolecular Hbond substituents is 1. The molecule has 1 atom stereocenters. The maximum Gasteiger partial charge on any atom is 0.266 e. The molecule has 2 bridgehead atoms. The number of nitrogens with two attached hydrogens (primary N) is 1. The van der Waals surface area contributed by atoms with Gasteiger partial charge in [-0.15, -0.1) is 10.2 Å². The molecular formula is C35H36N6O8. The Balaban J connectivity index is 0.824. The summed E-state index contributed by atoms with van der Waals surface area (Å²) in [7, 11) is 0. The molecule has 3 heterocycles. The lowest BCUT2D eigenvalue weighted by Gasteiger charge is -2.71. The van der Waals surface area contributed by atoms with Gasteiger partial charge < -0.3 is 25.6 Å². The van der Waals surface area contributed by atoms with Gasteiger partial charge in [0.1, 0.15) is 23.2 Å². The lowest BCUT2D eigenvalue weighted by molar-refractivity contribution is -0.171. The van der Waals surface area contributed by atoms with Crippen LogP contribution in [0.1, 0.15) is 78.5 Å². The summed E-state index contributed by atoms with van der Waals surface area (Å²) in [6.45, 7) is 0.683. The van der Waals surface area contributed by atoms with Gasteiger partial charge in [-0.3, -0.25) is 34.2 Å². The number of amides is 5. The van der Waals surface area contributed by atoms with Crippen LogP contribution in [0.3, 0.4) is 0 Å². The van der Waals surface area contributed by atoms with Crippen LogP contribution >= 0.6 is 0 Å². The number of imide groups is 2. The first-order chi connectivity index (χ1) is 23.6. The molecule has 49 heavy (non-hydrogen) atoms. The molecule has 3 aliphatic carbocycles. The number of carbonyl (C=O) groups is 5. The average Bonchev–Trinajstić information content (AvgIpc) is 3.30. The van der Waals surface area contributed by atoms with Crippen molar-refractivity contribution in [3.8, 4) is 28.5 Å². The Labute approximate surface area is 281 Å². The van der Waals surface area contributed by atoms with Crippen molar-refractivity contribution in [3.63, 3.8) is 0 Å². The molecule has 3 saturated carbocycles. The largest absolute Gasteiger partial charge is 0.507 e. The summed E-state index contributed by atoms with van der Waals surface area (Å²) < 4.78 is 11.8. The lowest BCUT2D eigenvalue weighted by Crippen LogP contribution is -2.74. The van der Waals surface area contributed by atoms with Gasteiger partial charge in [-0.1, -0.05) is 18.2 Å². The van der Waals surface area contributed by atoms with Crippen molar-refractivity contribution in [2.75, 3.05) is 18.9 Å². The van der Waals surface area contributed by atoms with Gasteiger partial charge >= 0.3 is 0 Å². The van der Waals surface area contributed by atoms with Gasteiger partial charge in [0.05, 0.1) is 24.3 Å². The maximum atomic E-state index is 13.2. The molecule has 0 spiro atoms. The standard InChI is InChI=1S/C35H36N6O8/c36-30-26(16-22(39-40-30)20-6-1-2-8-24(20)42)49-15-13-34-17-35(18-34,19-34)38-28(44)10-3-4-14-48-25-9-5-7-21-29(25)33(47)41(32(21)46)23-11-12-27(43)37-31(23)45/h1-2,5-9,16,23,42H,3-4,10-15,17-19H2,(H2,36,40)(H,38,44)(H,37,43,45). The predicted octanol–water partition coefficient (Wildman–Crippen LogP) is 2.89. The van der Waals surface area contributed by atoms with Crippen molar-refractivity contribution in [1.29, 1.82) is 0 Å². The minimum atomic E-state index is -1.05. The zero-order valence-electron chi connectivity index (χ0n) is 26.7. The number of aromatic hydroxyl groups is 1. The van der Waals surface area contributed by atoms with Crippen LogP contribution < -0.4 is 25.8 Å². The quantitative estimate of drug-likeness (QED) is 0.154. The Hall–Kier alpha value is -5.53. The average molecular weight is 669 g/mol. The monoisotopic (exact) mass is 668 g/mol. The molecule has 14 nitrogen and oxygen atoms in total. The molecule has 1 aromatic heterocycles. The van der Waals surface area contributed by atoms with E-state index in [1.54, 1.807) is 42.5 Å². The number of fused-ring (bicyclic) bond motifs is 1. The third-order valence-electron chi connectivity index (χ3n) is 9.89. The number of ether oxygens (including phenoxy) is 2. The van der Waals surface area contributed by atoms with Gasteiger partial charge in [-0.2, -0.15) is 0 Å². The fourth-order valence-corrected chi connectivity index (χ4v) is 7.63. The minimum absolute atomic E-state index is 0.0156. The first kappa shape index (κ1) is 32.0. The molecule has 2 aromatic carbocycles. The van der Waals surface area contributed by atoms with E-state index in [1.165, 1.54) is 6.07 Å². The van der Waals surface area contributed by atoms with Crippen LogP contribution in [0.2, 0.25) is 0 Å². The van der Waals surface area contributed by atoms with Crippen LogP contribution in [0, 0.1) is 5.41 Å². The molecule has 5 amide bonds. The van der Waals surface area contributed by atoms with Crippen molar-refractivity contribution >= 4 is 35.4 Å². The number of nitrogen functional groups attached to an aromatic ring is 1. The predicted molar refractivity (Wildman–Crippen MR) is 173 cm³/mol. The summed E-state index contributed by atoms with van der Waals surface area (Å²) in [4.78, 5) is 63.7. The number of piperidine rings is 1. The first-order valence-corrected chi connectivity index (χ1v) is 16.4. The fourth-order valence-electron chi connectivity index (χ4n) is 7.63. The molecule has 2 aliphatic heterocycles. The smallest absolute Gasteiger partial charge is 0.266 e. The van der Waals surface area contributed by atoms with E-state index in [0.29, 0.717) is 42.9 Å². The molecule has 5 N–H and O–H groups in total. The van der Waals surface area contributed by atoms with Crippen LogP contribution in [0.25, 0.3) is 11.3 Å². The SMILES string of the molecule is Nc1nnc(-c2ccccc2O)cc1OCCC12CC(NC(=O)CCCCOc3cccc4c3C(=O)N(C3CCC(=O)NC3=O)C4=O)(C1)C2. The van der Waals surface area contributed by atoms with Gasteiger partial charge in [-0.05, 0) is 74.6 Å². The lowest BCUT2D eigenvalue weighted by atomic mass is 9.38. The number of para-hydroxylation sites is 1. The van der Waals surface area contributed by atoms with Crippen LogP contribution in [-0.2, 0) is 14.4 Å². The Kier molecular flexibility index (Phi) is 8.17. The highest BCUT2D eigenvalue weighted by molar-refractivity contribution is 6.24. The Bertz CT molecular complexity index is 1860. The fraction of sp³-hybridized carbons (Fsp3) is 0.400. The first-order valence-electron chi connectivity index (χ1n) is 16.4. The highest BCUT2D eigenvalue weighted by Crippen LogP contribution is 2.68. The van der Waals surface area contributed by atoms with E-state index >= 15 is 0 Å². The number of phenols is 1. The van der Waals surface area contributed by atoms with Gasteiger partial charge in [0.15, 0.2) is 11.6 Å². The second-order valence-corrected chi connectivity index (χ2v) is 13.4. The summed E-state index contributed by atoms with van der Waals surface area (Å²) in [5, 5.41) is 23.6. The molecule has 254 valence electrons. The van der Waals surface area contributed by atoms with Gasteiger partial charge in [0.25, 0.3) is 11.8 Å². The highest BCUT2D eigenvalue weighted by atomic mass is 16.5. The Morgan fingerprint density at radius 2 is 1.71 bits per heavy atom. The highest BCUT2D eigenvalue weighted by Gasteiger charge is 2.67. The van der Waals surface area contributed by atoms with Gasteiger partial charge in [-0.25, -0.2) is 0 Å². The number of hydrogen-bond acceptors (Lipinski definition) is 11. The molecule has 4 fully saturated rings. The molecule has 0 radical (unpaired) electrons. The topological polar surface area (TPSA) is 203 Å². The number of unbranched alkanes of at least 4 members (excludes halogenated alkanes) is 1. The number of rotatable bonds is 13. The number of nitrogens with one attached hydrogen (secondary N) is 2. The number of anilines is 1. The van der Waals surface area contributed by atoms with E-state index in [0.717, 1.165) is 30.6 Å². The van der Waals surface area contributed by atoms with E-state index in [4.69, 9.17) is 15.2 Å². The summed E-state index contributed by atoms with van der Waals surface area (Å²) >= 11 is 0. The van der Waals surface area contributed by atoms with Crippen molar-refractivity contribution < 1.29 is 38.6 Å². The van der Waals surface area contributed by atoms with Crippen LogP contribution in [-0.4, -0.2) is 74.5 Å². The summed E-state index contributed by atoms with van der Waals surface area (Å²) in [6.07, 6.45) is 5.10. The summed E-state index contributed by atoms with van der Waals surface area (Å²) in [5.41, 5.74) is 7.24. The van der Waals surface area contributed by atoms with Crippen LogP contribution in [0.5, 0.6) is 17.2 Å². The number of nitrogens with zero attached hydrogens (tertiary/aromatic N) is 3. The number of benzene rings is 2. The zero-order valence-corrected chi connectivity index (χ0v) is 26.7. The second kappa shape index (κ2) is 12.5. The molecular weight excluding hydrogens is 632 g/mol. The molecule has 5 aliphatic rings. The number of carbonyl (C=O) groups excluding carboxylic acids is 5. The molecule has 3 aromatic rings. The molecule has 8 rings (SSSR count). The maximum absolute atomic E-state index is 13.2. The summed E-state index contributed by atoms with van der Waals surface area (Å²) in [5.74, 6) is -1.39. The van der Waals surface area contributed by atoms with Crippen molar-refractivity contribution in [1.82, 2.24) is 25.7 Å². The van der Waals surface area contributed by atoms with Crippen molar-refractivity contribution in [2.24, 2.45) is 5.41 Å². The van der Waals surface area contributed by atoms with Crippen LogP contribution in [0.15, 0.2) is 48.5 Å². The third kappa shape index (κ3) is 6.02.